The third kappa shape index (κ3) is 6.40. The minimum Gasteiger partial charge on any atom is -0.508 e. The van der Waals surface area contributed by atoms with Crippen molar-refractivity contribution < 1.29 is 29.7 Å². The molecule has 1 aromatic rings. The molecule has 0 aliphatic rings. The average molecular weight is 353 g/mol. The fraction of sp³-hybridized carbons (Fsp3) is 0.438. The summed E-state index contributed by atoms with van der Waals surface area (Å²) in [6.45, 7) is 3.31. The van der Waals surface area contributed by atoms with Gasteiger partial charge < -0.3 is 31.7 Å². The smallest absolute Gasteiger partial charge is 0.353 e. The molecule has 0 saturated carbocycles. The summed E-state index contributed by atoms with van der Waals surface area (Å²) in [5.74, 6) is -3.28. The molecule has 1 rings (SSSR count). The highest BCUT2D eigenvalue weighted by Crippen LogP contribution is 2.11. The van der Waals surface area contributed by atoms with E-state index in [0.29, 0.717) is 0 Å². The van der Waals surface area contributed by atoms with Crippen molar-refractivity contribution in [1.82, 2.24) is 10.6 Å². The zero-order valence-corrected chi connectivity index (χ0v) is 14.0. The van der Waals surface area contributed by atoms with Crippen LogP contribution in [0.3, 0.4) is 0 Å². The summed E-state index contributed by atoms with van der Waals surface area (Å²) in [5, 5.41) is 31.4. The topological polar surface area (TPSA) is 162 Å². The number of hydrogen-bond donors (Lipinski definition) is 6. The fourth-order valence-electron chi connectivity index (χ4n) is 2.06. The van der Waals surface area contributed by atoms with Gasteiger partial charge in [-0.1, -0.05) is 26.0 Å². The maximum absolute atomic E-state index is 12.2. The van der Waals surface area contributed by atoms with Crippen molar-refractivity contribution in [2.45, 2.75) is 38.6 Å². The molecule has 0 aliphatic carbocycles. The average Bonchev–Trinajstić information content (AvgIpc) is 2.53. The quantitative estimate of drug-likeness (QED) is 0.324. The van der Waals surface area contributed by atoms with Gasteiger partial charge in [-0.2, -0.15) is 0 Å². The lowest BCUT2D eigenvalue weighted by Gasteiger charge is -2.24. The van der Waals surface area contributed by atoms with Crippen LogP contribution >= 0.6 is 0 Å². The van der Waals surface area contributed by atoms with Crippen LogP contribution in [-0.4, -0.2) is 51.4 Å². The summed E-state index contributed by atoms with van der Waals surface area (Å²) >= 11 is 0. The van der Waals surface area contributed by atoms with Gasteiger partial charge in [0.1, 0.15) is 11.8 Å². The molecule has 3 atom stereocenters. The highest BCUT2D eigenvalue weighted by atomic mass is 16.4. The number of carboxylic acid groups (broad SMARTS) is 1. The van der Waals surface area contributed by atoms with Gasteiger partial charge in [-0.25, -0.2) is 4.79 Å². The number of aliphatic hydroxyl groups is 1. The number of aliphatic hydroxyl groups excluding tert-OH is 1. The van der Waals surface area contributed by atoms with E-state index < -0.39 is 36.1 Å². The Kier molecular flexibility index (Phi) is 7.34. The third-order valence-electron chi connectivity index (χ3n) is 3.49. The predicted molar refractivity (Wildman–Crippen MR) is 88.3 cm³/mol. The number of rotatable bonds is 8. The van der Waals surface area contributed by atoms with Crippen molar-refractivity contribution in [3.8, 4) is 5.75 Å². The Balaban J connectivity index is 2.70. The highest BCUT2D eigenvalue weighted by Gasteiger charge is 2.29. The van der Waals surface area contributed by atoms with Crippen molar-refractivity contribution in [3.05, 3.63) is 29.8 Å². The number of aromatic hydroxyl groups is 1. The first-order chi connectivity index (χ1) is 11.6. The number of carbonyl (C=O) groups is 3. The maximum Gasteiger partial charge on any atom is 0.353 e. The number of nitrogens with two attached hydrogens (primary N) is 1. The van der Waals surface area contributed by atoms with Crippen molar-refractivity contribution in [2.75, 3.05) is 0 Å². The number of aliphatic carboxylic acids is 1. The van der Waals surface area contributed by atoms with Gasteiger partial charge in [-0.3, -0.25) is 9.59 Å². The molecular weight excluding hydrogens is 330 g/mol. The molecule has 0 aromatic heterocycles. The Hall–Kier alpha value is -2.65. The van der Waals surface area contributed by atoms with Crippen LogP contribution in [0.2, 0.25) is 0 Å². The minimum atomic E-state index is -2.06. The molecule has 2 amide bonds. The number of nitrogens with one attached hydrogen (secondary N) is 2. The number of phenolic OH excluding ortho intramolecular Hbond substituents is 1. The number of benzene rings is 1. The molecular formula is C16H23N3O6. The second kappa shape index (κ2) is 9.00. The molecule has 9 nitrogen and oxygen atoms in total. The number of carboxylic acids is 1. The molecule has 0 fully saturated rings. The fourth-order valence-corrected chi connectivity index (χ4v) is 2.06. The van der Waals surface area contributed by atoms with Crippen LogP contribution in [0, 0.1) is 5.92 Å². The van der Waals surface area contributed by atoms with Gasteiger partial charge in [-0.15, -0.1) is 0 Å². The molecule has 0 saturated heterocycles. The SMILES string of the molecule is CC(C)[C@H](NC(=O)[C@H](N)Cc1ccc(O)cc1)C(=O)NC(O)C(=O)O. The van der Waals surface area contributed by atoms with Crippen molar-refractivity contribution >= 4 is 17.8 Å². The first kappa shape index (κ1) is 20.4. The zero-order valence-electron chi connectivity index (χ0n) is 14.0. The van der Waals surface area contributed by atoms with Crippen LogP contribution in [-0.2, 0) is 20.8 Å². The Labute approximate surface area is 144 Å². The van der Waals surface area contributed by atoms with Gasteiger partial charge >= 0.3 is 5.97 Å². The van der Waals surface area contributed by atoms with E-state index in [1.54, 1.807) is 26.0 Å². The number of hydrogen-bond acceptors (Lipinski definition) is 6. The zero-order chi connectivity index (χ0) is 19.1. The van der Waals surface area contributed by atoms with Gasteiger partial charge in [-0.05, 0) is 30.0 Å². The number of amides is 2. The standard InChI is InChI=1S/C16H23N3O6/c1-8(2)12(14(22)19-15(23)16(24)25)18-13(21)11(17)7-9-3-5-10(20)6-4-9/h3-6,8,11-12,15,20,23H,7,17H2,1-2H3,(H,18,21)(H,19,22)(H,24,25)/t11-,12+,15?/m1/s1. The van der Waals surface area contributed by atoms with Crippen LogP contribution in [0.15, 0.2) is 24.3 Å². The van der Waals surface area contributed by atoms with Crippen LogP contribution in [0.25, 0.3) is 0 Å². The van der Waals surface area contributed by atoms with Gasteiger partial charge in [0.2, 0.25) is 18.0 Å². The summed E-state index contributed by atoms with van der Waals surface area (Å²) < 4.78 is 0. The summed E-state index contributed by atoms with van der Waals surface area (Å²) in [7, 11) is 0. The molecule has 9 heteroatoms. The number of carbonyl (C=O) groups excluding carboxylic acids is 2. The largest absolute Gasteiger partial charge is 0.508 e. The lowest BCUT2D eigenvalue weighted by atomic mass is 10.0. The van der Waals surface area contributed by atoms with E-state index in [-0.39, 0.29) is 18.1 Å². The predicted octanol–water partition coefficient (Wildman–Crippen LogP) is -1.08. The third-order valence-corrected chi connectivity index (χ3v) is 3.49. The summed E-state index contributed by atoms with van der Waals surface area (Å²) in [6, 6.07) is 4.20. The second-order valence-electron chi connectivity index (χ2n) is 5.96. The van der Waals surface area contributed by atoms with E-state index in [1.165, 1.54) is 12.1 Å². The van der Waals surface area contributed by atoms with E-state index in [1.807, 2.05) is 5.32 Å². The molecule has 7 N–H and O–H groups in total. The Morgan fingerprint density at radius 3 is 2.12 bits per heavy atom. The molecule has 0 aliphatic heterocycles. The van der Waals surface area contributed by atoms with E-state index in [2.05, 4.69) is 5.32 Å². The number of phenols is 1. The van der Waals surface area contributed by atoms with Crippen LogP contribution in [0.4, 0.5) is 0 Å². The molecule has 0 spiro atoms. The molecule has 0 bridgehead atoms. The maximum atomic E-state index is 12.2. The summed E-state index contributed by atoms with van der Waals surface area (Å²) in [6.07, 6.45) is -1.87. The lowest BCUT2D eigenvalue weighted by molar-refractivity contribution is -0.151. The molecule has 1 aromatic carbocycles. The van der Waals surface area contributed by atoms with E-state index in [9.17, 15) is 24.6 Å². The molecule has 25 heavy (non-hydrogen) atoms. The van der Waals surface area contributed by atoms with Gasteiger partial charge in [0, 0.05) is 0 Å². The second-order valence-corrected chi connectivity index (χ2v) is 5.96. The molecule has 1 unspecified atom stereocenters. The first-order valence-corrected chi connectivity index (χ1v) is 7.67. The lowest BCUT2D eigenvalue weighted by Crippen LogP contribution is -2.56. The Morgan fingerprint density at radius 1 is 1.08 bits per heavy atom. The van der Waals surface area contributed by atoms with E-state index in [0.717, 1.165) is 5.56 Å². The van der Waals surface area contributed by atoms with Crippen molar-refractivity contribution in [3.63, 3.8) is 0 Å². The van der Waals surface area contributed by atoms with Crippen LogP contribution < -0.4 is 16.4 Å². The minimum absolute atomic E-state index is 0.0929. The summed E-state index contributed by atoms with van der Waals surface area (Å²) in [5.41, 5.74) is 6.56. The van der Waals surface area contributed by atoms with Gasteiger partial charge in [0.05, 0.1) is 6.04 Å². The molecule has 138 valence electrons. The monoisotopic (exact) mass is 353 g/mol. The van der Waals surface area contributed by atoms with E-state index in [4.69, 9.17) is 10.8 Å². The molecule has 0 heterocycles. The van der Waals surface area contributed by atoms with Gasteiger partial charge in [0.15, 0.2) is 0 Å². The summed E-state index contributed by atoms with van der Waals surface area (Å²) in [4.78, 5) is 34.8. The van der Waals surface area contributed by atoms with E-state index >= 15 is 0 Å². The van der Waals surface area contributed by atoms with Crippen molar-refractivity contribution in [1.29, 1.82) is 0 Å². The van der Waals surface area contributed by atoms with Gasteiger partial charge in [0.25, 0.3) is 0 Å². The highest BCUT2D eigenvalue weighted by molar-refractivity contribution is 5.91. The molecule has 0 radical (unpaired) electrons. The Morgan fingerprint density at radius 2 is 1.64 bits per heavy atom. The van der Waals surface area contributed by atoms with Crippen LogP contribution in [0.5, 0.6) is 5.75 Å². The van der Waals surface area contributed by atoms with Crippen LogP contribution in [0.1, 0.15) is 19.4 Å². The Bertz CT molecular complexity index is 617. The normalized spacial score (nSPS) is 14.4. The first-order valence-electron chi connectivity index (χ1n) is 7.67. The van der Waals surface area contributed by atoms with Crippen molar-refractivity contribution in [2.24, 2.45) is 11.7 Å².